The molecular formula is C10H5Cl2FO. The van der Waals surface area contributed by atoms with Gasteiger partial charge in [0.15, 0.2) is 0 Å². The van der Waals surface area contributed by atoms with Gasteiger partial charge in [0.25, 0.3) is 0 Å². The molecule has 0 unspecified atom stereocenters. The third-order valence-electron chi connectivity index (χ3n) is 1.49. The summed E-state index contributed by atoms with van der Waals surface area (Å²) >= 11 is 11.2. The van der Waals surface area contributed by atoms with Gasteiger partial charge in [0.2, 0.25) is 5.78 Å². The van der Waals surface area contributed by atoms with Crippen LogP contribution in [0.4, 0.5) is 4.39 Å². The normalized spacial score (nSPS) is 9.14. The first-order valence-electron chi connectivity index (χ1n) is 3.68. The minimum atomic E-state index is -0.683. The number of benzene rings is 1. The maximum atomic E-state index is 13.0. The quantitative estimate of drug-likeness (QED) is 0.313. The topological polar surface area (TPSA) is 17.1 Å². The fourth-order valence-electron chi connectivity index (χ4n) is 0.877. The zero-order chi connectivity index (χ0) is 10.7. The van der Waals surface area contributed by atoms with Gasteiger partial charge in [-0.1, -0.05) is 29.1 Å². The van der Waals surface area contributed by atoms with Crippen molar-refractivity contribution in [1.29, 1.82) is 0 Å². The molecule has 0 fully saturated rings. The maximum absolute atomic E-state index is 13.0. The fraction of sp³-hybridized carbons (Fsp3) is 0.100. The third-order valence-corrected chi connectivity index (χ3v) is 2.10. The molecule has 0 radical (unpaired) electrons. The zero-order valence-corrected chi connectivity index (χ0v) is 8.71. The number of Topliss-reactive ketones (excluding diaryl/α,β-unsaturated/α-hetero) is 1. The van der Waals surface area contributed by atoms with Crippen molar-refractivity contribution in [2.24, 2.45) is 0 Å². The Kier molecular flexibility index (Phi) is 3.51. The predicted molar refractivity (Wildman–Crippen MR) is 54.2 cm³/mol. The smallest absolute Gasteiger partial charge is 0.237 e. The van der Waals surface area contributed by atoms with Crippen LogP contribution in [0.25, 0.3) is 0 Å². The molecule has 0 bridgehead atoms. The van der Waals surface area contributed by atoms with Crippen molar-refractivity contribution in [3.05, 3.63) is 33.6 Å². The number of halogens is 3. The van der Waals surface area contributed by atoms with Gasteiger partial charge in [-0.15, -0.1) is 0 Å². The Morgan fingerprint density at radius 1 is 1.36 bits per heavy atom. The molecule has 0 aliphatic carbocycles. The van der Waals surface area contributed by atoms with Crippen molar-refractivity contribution < 1.29 is 9.18 Å². The van der Waals surface area contributed by atoms with E-state index in [1.165, 1.54) is 13.0 Å². The van der Waals surface area contributed by atoms with Gasteiger partial charge in [-0.05, 0) is 25.0 Å². The molecule has 1 nitrogen and oxygen atoms in total. The highest BCUT2D eigenvalue weighted by molar-refractivity contribution is 6.37. The molecule has 0 aliphatic rings. The summed E-state index contributed by atoms with van der Waals surface area (Å²) in [6.07, 6.45) is 0. The molecule has 0 N–H and O–H groups in total. The van der Waals surface area contributed by atoms with Gasteiger partial charge in [0.05, 0.1) is 15.6 Å². The summed E-state index contributed by atoms with van der Waals surface area (Å²) in [4.78, 5) is 11.3. The molecule has 0 saturated carbocycles. The minimum absolute atomic E-state index is 0.0305. The van der Waals surface area contributed by atoms with E-state index in [4.69, 9.17) is 23.2 Å². The van der Waals surface area contributed by atoms with Crippen molar-refractivity contribution in [1.82, 2.24) is 0 Å². The summed E-state index contributed by atoms with van der Waals surface area (Å²) in [6, 6.07) is 2.17. The molecule has 0 heterocycles. The van der Waals surface area contributed by atoms with E-state index in [9.17, 15) is 9.18 Å². The van der Waals surface area contributed by atoms with E-state index in [-0.39, 0.29) is 15.6 Å². The Morgan fingerprint density at radius 2 is 2.00 bits per heavy atom. The Hall–Kier alpha value is -1.04. The van der Waals surface area contributed by atoms with Crippen LogP contribution >= 0.6 is 23.2 Å². The molecule has 72 valence electrons. The van der Waals surface area contributed by atoms with E-state index in [0.717, 1.165) is 6.07 Å². The lowest BCUT2D eigenvalue weighted by molar-refractivity contribution is 0.105. The number of hydrogen-bond acceptors (Lipinski definition) is 1. The number of ketones is 1. The minimum Gasteiger partial charge on any atom is -0.279 e. The largest absolute Gasteiger partial charge is 0.279 e. The highest BCUT2D eigenvalue weighted by atomic mass is 35.5. The molecule has 14 heavy (non-hydrogen) atoms. The molecule has 0 spiro atoms. The van der Waals surface area contributed by atoms with Crippen LogP contribution in [-0.4, -0.2) is 5.78 Å². The molecule has 1 rings (SSSR count). The Bertz CT molecular complexity index is 443. The van der Waals surface area contributed by atoms with Crippen LogP contribution in [0.15, 0.2) is 12.1 Å². The summed E-state index contributed by atoms with van der Waals surface area (Å²) in [5, 5.41) is -0.0137. The number of carbonyl (C=O) groups is 1. The third kappa shape index (κ3) is 2.25. The van der Waals surface area contributed by atoms with Gasteiger partial charge in [0.1, 0.15) is 5.82 Å². The Labute approximate surface area is 90.8 Å². The van der Waals surface area contributed by atoms with Crippen molar-refractivity contribution in [2.75, 3.05) is 0 Å². The first-order valence-corrected chi connectivity index (χ1v) is 4.43. The average Bonchev–Trinajstić information content (AvgIpc) is 2.11. The fourth-order valence-corrected chi connectivity index (χ4v) is 1.35. The molecule has 0 atom stereocenters. The van der Waals surface area contributed by atoms with Gasteiger partial charge in [-0.3, -0.25) is 4.79 Å². The van der Waals surface area contributed by atoms with Gasteiger partial charge < -0.3 is 0 Å². The summed E-state index contributed by atoms with van der Waals surface area (Å²) in [5.74, 6) is 3.48. The van der Waals surface area contributed by atoms with E-state index in [2.05, 4.69) is 11.8 Å². The van der Waals surface area contributed by atoms with Crippen LogP contribution in [0.1, 0.15) is 17.3 Å². The van der Waals surface area contributed by atoms with E-state index < -0.39 is 11.6 Å². The lowest BCUT2D eigenvalue weighted by atomic mass is 10.1. The highest BCUT2D eigenvalue weighted by Crippen LogP contribution is 2.24. The van der Waals surface area contributed by atoms with E-state index in [1.54, 1.807) is 0 Å². The zero-order valence-electron chi connectivity index (χ0n) is 7.20. The Morgan fingerprint density at radius 3 is 2.57 bits per heavy atom. The van der Waals surface area contributed by atoms with Crippen LogP contribution in [-0.2, 0) is 0 Å². The second-order valence-corrected chi connectivity index (χ2v) is 3.26. The van der Waals surface area contributed by atoms with Gasteiger partial charge >= 0.3 is 0 Å². The van der Waals surface area contributed by atoms with Crippen LogP contribution in [0.2, 0.25) is 10.0 Å². The molecule has 1 aromatic carbocycles. The van der Waals surface area contributed by atoms with E-state index in [1.807, 2.05) is 0 Å². The molecule has 0 aromatic heterocycles. The van der Waals surface area contributed by atoms with Gasteiger partial charge in [-0.2, -0.15) is 0 Å². The number of hydrogen-bond donors (Lipinski definition) is 0. The standard InChI is InChI=1S/C10H5Cl2FO/c1-2-3-10(14)6-4-9(13)8(12)5-7(6)11/h4-5H,1H3. The van der Waals surface area contributed by atoms with Crippen LogP contribution in [0, 0.1) is 17.7 Å². The Balaban J connectivity index is 3.27. The van der Waals surface area contributed by atoms with Crippen LogP contribution < -0.4 is 0 Å². The molecule has 1 aromatic rings. The number of rotatable bonds is 1. The first kappa shape index (κ1) is 11.0. The highest BCUT2D eigenvalue weighted by Gasteiger charge is 2.11. The van der Waals surface area contributed by atoms with Crippen molar-refractivity contribution >= 4 is 29.0 Å². The molecule has 4 heteroatoms. The van der Waals surface area contributed by atoms with Crippen molar-refractivity contribution in [3.8, 4) is 11.8 Å². The summed E-state index contributed by atoms with van der Waals surface area (Å²) in [7, 11) is 0. The molecule has 0 amide bonds. The predicted octanol–water partition coefficient (Wildman–Crippen LogP) is 3.34. The molecular weight excluding hydrogens is 226 g/mol. The summed E-state index contributed by atoms with van der Waals surface area (Å²) in [6.45, 7) is 1.51. The van der Waals surface area contributed by atoms with Crippen LogP contribution in [0.3, 0.4) is 0 Å². The second kappa shape index (κ2) is 4.45. The van der Waals surface area contributed by atoms with Gasteiger partial charge in [0, 0.05) is 0 Å². The first-order chi connectivity index (χ1) is 6.56. The lowest BCUT2D eigenvalue weighted by Crippen LogP contribution is -1.97. The van der Waals surface area contributed by atoms with E-state index in [0.29, 0.717) is 0 Å². The van der Waals surface area contributed by atoms with Gasteiger partial charge in [-0.25, -0.2) is 4.39 Å². The monoisotopic (exact) mass is 230 g/mol. The lowest BCUT2D eigenvalue weighted by Gasteiger charge is -2.00. The average molecular weight is 231 g/mol. The van der Waals surface area contributed by atoms with E-state index >= 15 is 0 Å². The SMILES string of the molecule is CC#CC(=O)c1cc(F)c(Cl)cc1Cl. The van der Waals surface area contributed by atoms with Crippen molar-refractivity contribution in [3.63, 3.8) is 0 Å². The summed E-state index contributed by atoms with van der Waals surface area (Å²) < 4.78 is 13.0. The van der Waals surface area contributed by atoms with Crippen LogP contribution in [0.5, 0.6) is 0 Å². The number of carbonyl (C=O) groups excluding carboxylic acids is 1. The second-order valence-electron chi connectivity index (χ2n) is 2.45. The maximum Gasteiger partial charge on any atom is 0.237 e. The molecule has 0 aliphatic heterocycles. The van der Waals surface area contributed by atoms with Crippen molar-refractivity contribution in [2.45, 2.75) is 6.92 Å². The summed E-state index contributed by atoms with van der Waals surface area (Å²) in [5.41, 5.74) is 0.0305. The molecule has 0 saturated heterocycles.